The van der Waals surface area contributed by atoms with E-state index in [-0.39, 0.29) is 24.5 Å². The van der Waals surface area contributed by atoms with Crippen molar-refractivity contribution >= 4 is 5.91 Å². The molecule has 1 aliphatic rings. The van der Waals surface area contributed by atoms with E-state index in [0.717, 1.165) is 25.7 Å². The largest absolute Gasteiger partial charge is 0.493 e. The molecule has 0 saturated heterocycles. The van der Waals surface area contributed by atoms with Crippen molar-refractivity contribution in [1.29, 1.82) is 0 Å². The quantitative estimate of drug-likeness (QED) is 0.753. The molecule has 1 aliphatic carbocycles. The van der Waals surface area contributed by atoms with Crippen LogP contribution in [-0.2, 0) is 0 Å². The molecule has 1 saturated carbocycles. The minimum Gasteiger partial charge on any atom is -0.493 e. The molecule has 130 valence electrons. The van der Waals surface area contributed by atoms with Crippen LogP contribution >= 0.6 is 0 Å². The van der Waals surface area contributed by atoms with Crippen LogP contribution in [0.15, 0.2) is 18.2 Å². The second kappa shape index (κ2) is 8.60. The van der Waals surface area contributed by atoms with E-state index >= 15 is 0 Å². The molecule has 0 aliphatic heterocycles. The Bertz CT molecular complexity index is 600. The summed E-state index contributed by atoms with van der Waals surface area (Å²) in [5.74, 6) is 3.18. The highest BCUT2D eigenvalue weighted by molar-refractivity contribution is 5.94. The van der Waals surface area contributed by atoms with Gasteiger partial charge in [0.15, 0.2) is 11.5 Å². The van der Waals surface area contributed by atoms with Gasteiger partial charge in [0, 0.05) is 17.5 Å². The van der Waals surface area contributed by atoms with Gasteiger partial charge in [0.25, 0.3) is 5.91 Å². The number of benzene rings is 1. The number of aliphatic hydroxyl groups excluding tert-OH is 1. The number of aliphatic hydroxyl groups is 1. The van der Waals surface area contributed by atoms with Crippen molar-refractivity contribution in [3.05, 3.63) is 23.8 Å². The first-order chi connectivity index (χ1) is 11.6. The second-order valence-corrected chi connectivity index (χ2v) is 6.26. The first-order valence-corrected chi connectivity index (χ1v) is 8.27. The van der Waals surface area contributed by atoms with Gasteiger partial charge in [-0.15, -0.1) is 6.42 Å². The Morgan fingerprint density at radius 1 is 1.33 bits per heavy atom. The maximum absolute atomic E-state index is 12.4. The van der Waals surface area contributed by atoms with Crippen molar-refractivity contribution in [3.63, 3.8) is 0 Å². The summed E-state index contributed by atoms with van der Waals surface area (Å²) in [5.41, 5.74) is 0.303. The second-order valence-electron chi connectivity index (χ2n) is 6.26. The molecule has 5 heteroatoms. The fourth-order valence-electron chi connectivity index (χ4n) is 3.11. The van der Waals surface area contributed by atoms with Crippen molar-refractivity contribution in [2.24, 2.45) is 5.41 Å². The molecule has 1 amide bonds. The monoisotopic (exact) mass is 331 g/mol. The third kappa shape index (κ3) is 4.42. The Morgan fingerprint density at radius 3 is 2.71 bits per heavy atom. The van der Waals surface area contributed by atoms with Crippen LogP contribution in [0.1, 0.15) is 42.5 Å². The van der Waals surface area contributed by atoms with Gasteiger partial charge in [-0.3, -0.25) is 4.79 Å². The summed E-state index contributed by atoms with van der Waals surface area (Å²) < 4.78 is 10.6. The van der Waals surface area contributed by atoms with Crippen LogP contribution in [0.4, 0.5) is 0 Å². The Kier molecular flexibility index (Phi) is 6.51. The molecule has 1 aromatic carbocycles. The number of rotatable bonds is 7. The zero-order valence-electron chi connectivity index (χ0n) is 14.1. The first-order valence-electron chi connectivity index (χ1n) is 8.27. The van der Waals surface area contributed by atoms with Gasteiger partial charge in [-0.2, -0.15) is 0 Å². The van der Waals surface area contributed by atoms with E-state index in [1.807, 2.05) is 0 Å². The molecule has 0 bridgehead atoms. The van der Waals surface area contributed by atoms with Crippen LogP contribution in [0.3, 0.4) is 0 Å². The number of nitrogens with one attached hydrogen (secondary N) is 1. The number of hydrogen-bond donors (Lipinski definition) is 2. The maximum atomic E-state index is 12.4. The summed E-state index contributed by atoms with van der Waals surface area (Å²) in [6, 6.07) is 4.98. The minimum absolute atomic E-state index is 0.107. The average Bonchev–Trinajstić information content (AvgIpc) is 2.65. The highest BCUT2D eigenvalue weighted by atomic mass is 16.5. The number of amides is 1. The number of carbonyl (C=O) groups is 1. The number of carbonyl (C=O) groups excluding carboxylic acids is 1. The van der Waals surface area contributed by atoms with Crippen LogP contribution in [0.25, 0.3) is 0 Å². The summed E-state index contributed by atoms with van der Waals surface area (Å²) in [6.45, 7) is 0.733. The van der Waals surface area contributed by atoms with Gasteiger partial charge in [0.2, 0.25) is 0 Å². The van der Waals surface area contributed by atoms with E-state index in [4.69, 9.17) is 15.9 Å². The van der Waals surface area contributed by atoms with E-state index in [1.54, 1.807) is 18.2 Å². The molecule has 5 nitrogen and oxygen atoms in total. The molecule has 2 rings (SSSR count). The van der Waals surface area contributed by atoms with Crippen molar-refractivity contribution in [3.8, 4) is 23.8 Å². The Hall–Kier alpha value is -2.19. The highest BCUT2D eigenvalue weighted by Crippen LogP contribution is 2.35. The lowest BCUT2D eigenvalue weighted by molar-refractivity contribution is 0.0718. The maximum Gasteiger partial charge on any atom is 0.251 e. The minimum atomic E-state index is -0.187. The van der Waals surface area contributed by atoms with Crippen molar-refractivity contribution in [2.75, 3.05) is 26.9 Å². The van der Waals surface area contributed by atoms with Crippen molar-refractivity contribution in [2.45, 2.75) is 32.1 Å². The van der Waals surface area contributed by atoms with Crippen LogP contribution in [0.5, 0.6) is 11.5 Å². The third-order valence-electron chi connectivity index (χ3n) is 4.61. The van der Waals surface area contributed by atoms with Crippen molar-refractivity contribution < 1.29 is 19.4 Å². The van der Waals surface area contributed by atoms with E-state index in [9.17, 15) is 9.90 Å². The lowest BCUT2D eigenvalue weighted by Crippen LogP contribution is -2.41. The Labute approximate surface area is 143 Å². The summed E-state index contributed by atoms with van der Waals surface area (Å²) in [6.07, 6.45) is 10.5. The van der Waals surface area contributed by atoms with Gasteiger partial charge in [0.1, 0.15) is 6.61 Å². The average molecular weight is 331 g/mol. The SMILES string of the molecule is C#CCOc1ccc(C(=O)NCC2(CO)CCCCC2)cc1OC. The molecular formula is C19H25NO4. The standard InChI is InChI=1S/C19H25NO4/c1-3-11-24-16-8-7-15(12-17(16)23-2)18(22)20-13-19(14-21)9-5-4-6-10-19/h1,7-8,12,21H,4-6,9-11,13-14H2,2H3,(H,20,22). The molecule has 0 heterocycles. The van der Waals surface area contributed by atoms with Crippen molar-refractivity contribution in [1.82, 2.24) is 5.32 Å². The predicted octanol–water partition coefficient (Wildman–Crippen LogP) is 2.38. The van der Waals surface area contributed by atoms with Crippen LogP contribution in [0.2, 0.25) is 0 Å². The van der Waals surface area contributed by atoms with Gasteiger partial charge in [0.05, 0.1) is 13.7 Å². The fourth-order valence-corrected chi connectivity index (χ4v) is 3.11. The Morgan fingerprint density at radius 2 is 2.08 bits per heavy atom. The molecule has 2 N–H and O–H groups in total. The van der Waals surface area contributed by atoms with E-state index < -0.39 is 0 Å². The lowest BCUT2D eigenvalue weighted by Gasteiger charge is -2.35. The normalized spacial score (nSPS) is 16.0. The summed E-state index contributed by atoms with van der Waals surface area (Å²) in [4.78, 5) is 12.4. The number of ether oxygens (including phenoxy) is 2. The predicted molar refractivity (Wildman–Crippen MR) is 92.3 cm³/mol. The molecule has 0 radical (unpaired) electrons. The topological polar surface area (TPSA) is 67.8 Å². The van der Waals surface area contributed by atoms with Gasteiger partial charge in [-0.25, -0.2) is 0 Å². The van der Waals surface area contributed by atoms with Gasteiger partial charge in [-0.1, -0.05) is 25.2 Å². The van der Waals surface area contributed by atoms with E-state index in [0.29, 0.717) is 23.6 Å². The third-order valence-corrected chi connectivity index (χ3v) is 4.61. The highest BCUT2D eigenvalue weighted by Gasteiger charge is 2.31. The van der Waals surface area contributed by atoms with Gasteiger partial charge in [-0.05, 0) is 31.0 Å². The lowest BCUT2D eigenvalue weighted by atomic mass is 9.74. The molecule has 24 heavy (non-hydrogen) atoms. The number of methoxy groups -OCH3 is 1. The molecule has 0 atom stereocenters. The summed E-state index contributed by atoms with van der Waals surface area (Å²) in [7, 11) is 1.52. The molecule has 0 unspecified atom stereocenters. The van der Waals surface area contributed by atoms with Crippen LogP contribution < -0.4 is 14.8 Å². The molecule has 1 fully saturated rings. The van der Waals surface area contributed by atoms with E-state index in [2.05, 4.69) is 11.2 Å². The summed E-state index contributed by atoms with van der Waals surface area (Å²) >= 11 is 0. The van der Waals surface area contributed by atoms with Crippen LogP contribution in [0, 0.1) is 17.8 Å². The fraction of sp³-hybridized carbons (Fsp3) is 0.526. The molecule has 1 aromatic rings. The summed E-state index contributed by atoms with van der Waals surface area (Å²) in [5, 5.41) is 12.7. The number of terminal acetylenes is 1. The smallest absolute Gasteiger partial charge is 0.251 e. The number of hydrogen-bond acceptors (Lipinski definition) is 4. The zero-order chi connectivity index (χ0) is 17.4. The molecule has 0 spiro atoms. The van der Waals surface area contributed by atoms with Gasteiger partial charge < -0.3 is 19.9 Å². The zero-order valence-corrected chi connectivity index (χ0v) is 14.1. The molecule has 0 aromatic heterocycles. The van der Waals surface area contributed by atoms with E-state index in [1.165, 1.54) is 13.5 Å². The first kappa shape index (κ1) is 18.2. The Balaban J connectivity index is 2.02. The van der Waals surface area contributed by atoms with Gasteiger partial charge >= 0.3 is 0 Å². The molecular weight excluding hydrogens is 306 g/mol. The van der Waals surface area contributed by atoms with Crippen LogP contribution in [-0.4, -0.2) is 37.9 Å².